The normalized spacial score (nSPS) is 13.2. The van der Waals surface area contributed by atoms with Crippen LogP contribution < -0.4 is 10.6 Å². The molecular formula is C16H14BrFN2O. The fourth-order valence-corrected chi connectivity index (χ4v) is 2.74. The summed E-state index contributed by atoms with van der Waals surface area (Å²) in [6.07, 6.45) is 1.88. The lowest BCUT2D eigenvalue weighted by Crippen LogP contribution is -2.19. The van der Waals surface area contributed by atoms with Gasteiger partial charge in [0.25, 0.3) is 5.91 Å². The van der Waals surface area contributed by atoms with Crippen LogP contribution in [0.25, 0.3) is 0 Å². The molecule has 108 valence electrons. The molecule has 0 spiro atoms. The number of hydrogen-bond donors (Lipinski definition) is 2. The first-order valence-electron chi connectivity index (χ1n) is 6.77. The Morgan fingerprint density at radius 3 is 2.95 bits per heavy atom. The molecule has 1 aliphatic heterocycles. The molecule has 0 radical (unpaired) electrons. The van der Waals surface area contributed by atoms with Crippen molar-refractivity contribution in [1.29, 1.82) is 0 Å². The molecule has 0 bridgehead atoms. The zero-order chi connectivity index (χ0) is 14.8. The minimum Gasteiger partial charge on any atom is -0.385 e. The number of amides is 1. The fourth-order valence-electron chi connectivity index (χ4n) is 2.50. The van der Waals surface area contributed by atoms with E-state index in [9.17, 15) is 9.18 Å². The third-order valence-electron chi connectivity index (χ3n) is 3.52. The second kappa shape index (κ2) is 5.85. The largest absolute Gasteiger partial charge is 0.385 e. The molecule has 5 heteroatoms. The molecule has 0 aliphatic carbocycles. The third-order valence-corrected chi connectivity index (χ3v) is 4.16. The zero-order valence-electron chi connectivity index (χ0n) is 11.2. The van der Waals surface area contributed by atoms with Crippen molar-refractivity contribution in [2.45, 2.75) is 12.8 Å². The van der Waals surface area contributed by atoms with Gasteiger partial charge < -0.3 is 10.6 Å². The quantitative estimate of drug-likeness (QED) is 0.853. The van der Waals surface area contributed by atoms with Gasteiger partial charge in [-0.05, 0) is 64.7 Å². The van der Waals surface area contributed by atoms with Gasteiger partial charge in [0.15, 0.2) is 0 Å². The maximum absolute atomic E-state index is 13.5. The standard InChI is InChI=1S/C16H14BrFN2O/c17-13-7-6-10(9-14(13)18)20-16(21)12-3-1-5-15-11(12)4-2-8-19-15/h1,3,5-7,9,19H,2,4,8H2,(H,20,21). The Bertz CT molecular complexity index is 703. The van der Waals surface area contributed by atoms with E-state index in [-0.39, 0.29) is 5.91 Å². The molecule has 21 heavy (non-hydrogen) atoms. The summed E-state index contributed by atoms with van der Waals surface area (Å²) in [5.74, 6) is -0.609. The van der Waals surface area contributed by atoms with Gasteiger partial charge in [0.05, 0.1) is 4.47 Å². The number of halogens is 2. The number of carbonyl (C=O) groups excluding carboxylic acids is 1. The van der Waals surface area contributed by atoms with E-state index in [0.29, 0.717) is 15.7 Å². The first-order chi connectivity index (χ1) is 10.1. The Morgan fingerprint density at radius 1 is 1.29 bits per heavy atom. The highest BCUT2D eigenvalue weighted by Crippen LogP contribution is 2.26. The highest BCUT2D eigenvalue weighted by atomic mass is 79.9. The van der Waals surface area contributed by atoms with Crippen molar-refractivity contribution in [2.24, 2.45) is 0 Å². The van der Waals surface area contributed by atoms with E-state index in [2.05, 4.69) is 26.6 Å². The highest BCUT2D eigenvalue weighted by Gasteiger charge is 2.17. The second-order valence-electron chi connectivity index (χ2n) is 4.95. The van der Waals surface area contributed by atoms with Crippen LogP contribution in [0.3, 0.4) is 0 Å². The van der Waals surface area contributed by atoms with E-state index in [1.54, 1.807) is 18.2 Å². The summed E-state index contributed by atoms with van der Waals surface area (Å²) in [4.78, 5) is 12.4. The average Bonchev–Trinajstić information content (AvgIpc) is 2.50. The summed E-state index contributed by atoms with van der Waals surface area (Å²) >= 11 is 3.09. The van der Waals surface area contributed by atoms with Crippen LogP contribution in [0.2, 0.25) is 0 Å². The van der Waals surface area contributed by atoms with Crippen LogP contribution in [0.1, 0.15) is 22.3 Å². The number of carbonyl (C=O) groups is 1. The van der Waals surface area contributed by atoms with Crippen LogP contribution in [0, 0.1) is 5.82 Å². The molecular weight excluding hydrogens is 335 g/mol. The number of anilines is 2. The van der Waals surface area contributed by atoms with Crippen molar-refractivity contribution in [3.05, 3.63) is 57.8 Å². The lowest BCUT2D eigenvalue weighted by molar-refractivity contribution is 0.102. The minimum absolute atomic E-state index is 0.211. The van der Waals surface area contributed by atoms with E-state index in [0.717, 1.165) is 30.6 Å². The molecule has 0 atom stereocenters. The van der Waals surface area contributed by atoms with Crippen molar-refractivity contribution in [2.75, 3.05) is 17.2 Å². The molecule has 1 heterocycles. The third kappa shape index (κ3) is 2.93. The van der Waals surface area contributed by atoms with Gasteiger partial charge >= 0.3 is 0 Å². The van der Waals surface area contributed by atoms with E-state index in [1.807, 2.05) is 12.1 Å². The maximum Gasteiger partial charge on any atom is 0.256 e. The van der Waals surface area contributed by atoms with Crippen molar-refractivity contribution >= 4 is 33.2 Å². The fraction of sp³-hybridized carbons (Fsp3) is 0.188. The Kier molecular flexibility index (Phi) is 3.92. The smallest absolute Gasteiger partial charge is 0.256 e. The van der Waals surface area contributed by atoms with Gasteiger partial charge in [-0.3, -0.25) is 4.79 Å². The molecule has 0 unspecified atom stereocenters. The van der Waals surface area contributed by atoms with Crippen LogP contribution in [0.5, 0.6) is 0 Å². The predicted octanol–water partition coefficient (Wildman–Crippen LogP) is 4.20. The van der Waals surface area contributed by atoms with Crippen molar-refractivity contribution < 1.29 is 9.18 Å². The summed E-state index contributed by atoms with van der Waals surface area (Å²) in [5.41, 5.74) is 3.12. The first kappa shape index (κ1) is 14.1. The van der Waals surface area contributed by atoms with Gasteiger partial charge in [-0.25, -0.2) is 4.39 Å². The van der Waals surface area contributed by atoms with Crippen LogP contribution in [0.15, 0.2) is 40.9 Å². The Morgan fingerprint density at radius 2 is 2.14 bits per heavy atom. The summed E-state index contributed by atoms with van der Waals surface area (Å²) in [6, 6.07) is 10.2. The topological polar surface area (TPSA) is 41.1 Å². The SMILES string of the molecule is O=C(Nc1ccc(Br)c(F)c1)c1cccc2c1CCCN2. The van der Waals surface area contributed by atoms with Crippen LogP contribution in [-0.2, 0) is 6.42 Å². The molecule has 1 aliphatic rings. The monoisotopic (exact) mass is 348 g/mol. The molecule has 3 nitrogen and oxygen atoms in total. The number of benzene rings is 2. The first-order valence-corrected chi connectivity index (χ1v) is 7.56. The van der Waals surface area contributed by atoms with E-state index >= 15 is 0 Å². The Labute approximate surface area is 130 Å². The summed E-state index contributed by atoms with van der Waals surface area (Å²) < 4.78 is 13.9. The molecule has 0 aromatic heterocycles. The molecule has 3 rings (SSSR count). The average molecular weight is 349 g/mol. The van der Waals surface area contributed by atoms with Crippen LogP contribution in [-0.4, -0.2) is 12.5 Å². The molecule has 2 aromatic carbocycles. The van der Waals surface area contributed by atoms with Gasteiger partial charge in [-0.2, -0.15) is 0 Å². The molecule has 1 amide bonds. The molecule has 2 N–H and O–H groups in total. The molecule has 0 saturated heterocycles. The van der Waals surface area contributed by atoms with E-state index in [4.69, 9.17) is 0 Å². The minimum atomic E-state index is -0.399. The van der Waals surface area contributed by atoms with Gasteiger partial charge in [-0.1, -0.05) is 6.07 Å². The van der Waals surface area contributed by atoms with Gasteiger partial charge in [0, 0.05) is 23.5 Å². The highest BCUT2D eigenvalue weighted by molar-refractivity contribution is 9.10. The molecule has 2 aromatic rings. The molecule has 0 fully saturated rings. The number of rotatable bonds is 2. The summed E-state index contributed by atoms with van der Waals surface area (Å²) in [7, 11) is 0. The van der Waals surface area contributed by atoms with E-state index in [1.165, 1.54) is 6.07 Å². The van der Waals surface area contributed by atoms with Crippen molar-refractivity contribution in [1.82, 2.24) is 0 Å². The Hall–Kier alpha value is -1.88. The van der Waals surface area contributed by atoms with Crippen LogP contribution in [0.4, 0.5) is 15.8 Å². The molecule has 0 saturated carbocycles. The maximum atomic E-state index is 13.5. The van der Waals surface area contributed by atoms with Gasteiger partial charge in [0.2, 0.25) is 0 Å². The number of hydrogen-bond acceptors (Lipinski definition) is 2. The summed E-state index contributed by atoms with van der Waals surface area (Å²) in [5, 5.41) is 6.04. The van der Waals surface area contributed by atoms with E-state index < -0.39 is 5.82 Å². The van der Waals surface area contributed by atoms with Gasteiger partial charge in [-0.15, -0.1) is 0 Å². The van der Waals surface area contributed by atoms with Crippen LogP contribution >= 0.6 is 15.9 Å². The predicted molar refractivity (Wildman–Crippen MR) is 85.3 cm³/mol. The summed E-state index contributed by atoms with van der Waals surface area (Å²) in [6.45, 7) is 0.927. The van der Waals surface area contributed by atoms with Crippen molar-refractivity contribution in [3.8, 4) is 0 Å². The number of fused-ring (bicyclic) bond motifs is 1. The zero-order valence-corrected chi connectivity index (χ0v) is 12.8. The number of nitrogens with one attached hydrogen (secondary N) is 2. The second-order valence-corrected chi connectivity index (χ2v) is 5.80. The van der Waals surface area contributed by atoms with Gasteiger partial charge in [0.1, 0.15) is 5.82 Å². The Balaban J connectivity index is 1.87. The lowest BCUT2D eigenvalue weighted by Gasteiger charge is -2.20. The van der Waals surface area contributed by atoms with Crippen molar-refractivity contribution in [3.63, 3.8) is 0 Å². The lowest BCUT2D eigenvalue weighted by atomic mass is 9.97.